The first-order chi connectivity index (χ1) is 12.5. The Balaban J connectivity index is 1.99. The number of hydrogen-bond donors (Lipinski definition) is 1. The molecule has 1 heterocycles. The van der Waals surface area contributed by atoms with Crippen LogP contribution in [0.15, 0.2) is 37.7 Å². The van der Waals surface area contributed by atoms with E-state index < -0.39 is 0 Å². The summed E-state index contributed by atoms with van der Waals surface area (Å²) in [5, 5.41) is 0.809. The number of hydrogen-bond acceptors (Lipinski definition) is 3. The predicted molar refractivity (Wildman–Crippen MR) is 107 cm³/mol. The van der Waals surface area contributed by atoms with Crippen molar-refractivity contribution in [2.45, 2.75) is 75.8 Å². The average Bonchev–Trinajstić information content (AvgIpc) is 3.07. The van der Waals surface area contributed by atoms with Crippen molar-refractivity contribution in [1.29, 1.82) is 0 Å². The number of nitrogens with one attached hydrogen (secondary N) is 1. The molecule has 0 aliphatic heterocycles. The third-order valence-electron chi connectivity index (χ3n) is 5.24. The summed E-state index contributed by atoms with van der Waals surface area (Å²) in [5.41, 5.74) is 2.56. The fraction of sp³-hybridized carbons (Fsp3) is 0.524. The zero-order valence-corrected chi connectivity index (χ0v) is 16.7. The second-order valence-corrected chi connectivity index (χ2v) is 8.48. The van der Waals surface area contributed by atoms with Gasteiger partial charge in [0.05, 0.1) is 5.03 Å². The minimum atomic E-state index is -0.280. The lowest BCUT2D eigenvalue weighted by molar-refractivity contribution is 0.432. The fourth-order valence-electron chi connectivity index (χ4n) is 3.94. The lowest BCUT2D eigenvalue weighted by Crippen LogP contribution is -2.34. The highest BCUT2D eigenvalue weighted by Crippen LogP contribution is 2.32. The van der Waals surface area contributed by atoms with Crippen molar-refractivity contribution in [2.75, 3.05) is 0 Å². The van der Waals surface area contributed by atoms with Gasteiger partial charge in [0.25, 0.3) is 5.56 Å². The molecule has 0 unspecified atom stereocenters. The number of aromatic nitrogens is 2. The molecule has 1 aromatic carbocycles. The molecule has 1 aliphatic rings. The minimum Gasteiger partial charge on any atom is -0.288 e. The molecule has 140 valence electrons. The third-order valence-corrected chi connectivity index (χ3v) is 6.37. The van der Waals surface area contributed by atoms with Crippen LogP contribution in [0.25, 0.3) is 0 Å². The molecule has 0 atom stereocenters. The van der Waals surface area contributed by atoms with Gasteiger partial charge in [0, 0.05) is 17.0 Å². The number of aromatic amines is 1. The summed E-state index contributed by atoms with van der Waals surface area (Å²) in [6, 6.07) is 6.37. The van der Waals surface area contributed by atoms with E-state index in [0.717, 1.165) is 16.3 Å². The second kappa shape index (κ2) is 8.30. The van der Waals surface area contributed by atoms with Crippen molar-refractivity contribution in [3.63, 3.8) is 0 Å². The summed E-state index contributed by atoms with van der Waals surface area (Å²) in [6.45, 7) is 6.80. The molecule has 1 N–H and O–H groups in total. The molecule has 1 fully saturated rings. The van der Waals surface area contributed by atoms with Gasteiger partial charge in [-0.05, 0) is 55.9 Å². The molecular formula is C21H28N2O2S. The van der Waals surface area contributed by atoms with E-state index in [4.69, 9.17) is 0 Å². The van der Waals surface area contributed by atoms with E-state index in [0.29, 0.717) is 24.4 Å². The Kier molecular flexibility index (Phi) is 6.07. The number of rotatable bonds is 6. The van der Waals surface area contributed by atoms with E-state index in [-0.39, 0.29) is 11.2 Å². The minimum absolute atomic E-state index is 0.249. The maximum Gasteiger partial charge on any atom is 0.329 e. The smallest absolute Gasteiger partial charge is 0.288 e. The molecule has 26 heavy (non-hydrogen) atoms. The van der Waals surface area contributed by atoms with Crippen LogP contribution in [0.1, 0.15) is 55.7 Å². The summed E-state index contributed by atoms with van der Waals surface area (Å²) in [5.74, 6) is 0.706. The molecule has 0 radical (unpaired) electrons. The van der Waals surface area contributed by atoms with E-state index >= 15 is 0 Å². The number of aryl methyl sites for hydroxylation is 2. The maximum absolute atomic E-state index is 12.6. The first-order valence-electron chi connectivity index (χ1n) is 9.60. The zero-order chi connectivity index (χ0) is 18.7. The maximum atomic E-state index is 12.6. The van der Waals surface area contributed by atoms with Gasteiger partial charge in [0.2, 0.25) is 0 Å². The van der Waals surface area contributed by atoms with Gasteiger partial charge in [0.15, 0.2) is 0 Å². The van der Waals surface area contributed by atoms with Crippen molar-refractivity contribution in [3.8, 4) is 0 Å². The Bertz CT molecular complexity index is 872. The summed E-state index contributed by atoms with van der Waals surface area (Å²) < 4.78 is 1.79. The summed E-state index contributed by atoms with van der Waals surface area (Å²) in [6.07, 6.45) is 6.75. The number of benzene rings is 1. The molecule has 1 aromatic heterocycles. The molecular weight excluding hydrogens is 344 g/mol. The molecule has 4 nitrogen and oxygen atoms in total. The number of nitrogens with zero attached hydrogens (tertiary/aromatic N) is 1. The van der Waals surface area contributed by atoms with Crippen LogP contribution >= 0.6 is 11.8 Å². The fourth-order valence-corrected chi connectivity index (χ4v) is 5.30. The monoisotopic (exact) mass is 372 g/mol. The van der Waals surface area contributed by atoms with E-state index in [1.807, 2.05) is 6.92 Å². The average molecular weight is 373 g/mol. The standard InChI is InChI=1S/C21H28N2O2S/c1-4-18-19(24)22-21(25)23(10-9-16-7-5-6-8-16)20(18)26-17-12-14(2)11-15(3)13-17/h11-13,16H,4-10H2,1-3H3,(H,22,24,25). The van der Waals surface area contributed by atoms with Crippen LogP contribution in [0, 0.1) is 19.8 Å². The largest absolute Gasteiger partial charge is 0.329 e. The molecule has 0 saturated heterocycles. The van der Waals surface area contributed by atoms with Gasteiger partial charge >= 0.3 is 5.69 Å². The van der Waals surface area contributed by atoms with Gasteiger partial charge in [-0.1, -0.05) is 50.4 Å². The van der Waals surface area contributed by atoms with Crippen LogP contribution in [0.4, 0.5) is 0 Å². The highest BCUT2D eigenvalue weighted by molar-refractivity contribution is 7.99. The first-order valence-corrected chi connectivity index (χ1v) is 10.4. The van der Waals surface area contributed by atoms with E-state index in [2.05, 4.69) is 37.0 Å². The molecule has 0 amide bonds. The number of H-pyrrole nitrogens is 1. The molecule has 0 bridgehead atoms. The van der Waals surface area contributed by atoms with Gasteiger partial charge < -0.3 is 0 Å². The van der Waals surface area contributed by atoms with E-state index in [9.17, 15) is 9.59 Å². The Hall–Kier alpha value is -1.75. The molecule has 2 aromatic rings. The topological polar surface area (TPSA) is 54.9 Å². The van der Waals surface area contributed by atoms with Crippen LogP contribution in [-0.2, 0) is 13.0 Å². The Labute approximate surface area is 159 Å². The van der Waals surface area contributed by atoms with Crippen molar-refractivity contribution >= 4 is 11.8 Å². The second-order valence-electron chi connectivity index (χ2n) is 7.41. The third kappa shape index (κ3) is 4.32. The van der Waals surface area contributed by atoms with Gasteiger partial charge in [0.1, 0.15) is 0 Å². The molecule has 1 saturated carbocycles. The van der Waals surface area contributed by atoms with Crippen molar-refractivity contribution < 1.29 is 0 Å². The zero-order valence-electron chi connectivity index (χ0n) is 15.9. The van der Waals surface area contributed by atoms with Crippen LogP contribution in [0.2, 0.25) is 0 Å². The summed E-state index contributed by atoms with van der Waals surface area (Å²) in [7, 11) is 0. The van der Waals surface area contributed by atoms with Crippen LogP contribution in [0.5, 0.6) is 0 Å². The summed E-state index contributed by atoms with van der Waals surface area (Å²) >= 11 is 1.55. The lowest BCUT2D eigenvalue weighted by Gasteiger charge is -2.17. The normalized spacial score (nSPS) is 14.9. The SMILES string of the molecule is CCc1c(Sc2cc(C)cc(C)c2)n(CCC2CCCC2)c(=O)[nH]c1=O. The Morgan fingerprint density at radius 3 is 2.38 bits per heavy atom. The first kappa shape index (κ1) is 19.0. The highest BCUT2D eigenvalue weighted by Gasteiger charge is 2.19. The van der Waals surface area contributed by atoms with Crippen molar-refractivity contribution in [1.82, 2.24) is 9.55 Å². The van der Waals surface area contributed by atoms with E-state index in [1.165, 1.54) is 36.8 Å². The van der Waals surface area contributed by atoms with Crippen molar-refractivity contribution in [3.05, 3.63) is 55.7 Å². The molecule has 5 heteroatoms. The van der Waals surface area contributed by atoms with Gasteiger partial charge in [-0.15, -0.1) is 0 Å². The quantitative estimate of drug-likeness (QED) is 0.762. The summed E-state index contributed by atoms with van der Waals surface area (Å²) in [4.78, 5) is 28.5. The lowest BCUT2D eigenvalue weighted by atomic mass is 10.0. The van der Waals surface area contributed by atoms with Gasteiger partial charge in [-0.25, -0.2) is 4.79 Å². The Morgan fingerprint density at radius 1 is 1.12 bits per heavy atom. The van der Waals surface area contributed by atoms with E-state index in [1.54, 1.807) is 16.3 Å². The highest BCUT2D eigenvalue weighted by atomic mass is 32.2. The van der Waals surface area contributed by atoms with Crippen LogP contribution in [-0.4, -0.2) is 9.55 Å². The van der Waals surface area contributed by atoms with Crippen LogP contribution in [0.3, 0.4) is 0 Å². The predicted octanol–water partition coefficient (Wildman–Crippen LogP) is 4.45. The molecule has 0 spiro atoms. The van der Waals surface area contributed by atoms with Gasteiger partial charge in [-0.2, -0.15) is 0 Å². The van der Waals surface area contributed by atoms with Gasteiger partial charge in [-0.3, -0.25) is 14.3 Å². The Morgan fingerprint density at radius 2 is 1.77 bits per heavy atom. The van der Waals surface area contributed by atoms with Crippen molar-refractivity contribution in [2.24, 2.45) is 5.92 Å². The molecule has 1 aliphatic carbocycles. The molecule has 3 rings (SSSR count). The van der Waals surface area contributed by atoms with Crippen LogP contribution < -0.4 is 11.2 Å².